The smallest absolute Gasteiger partial charge is 0.0540 e. The quantitative estimate of drug-likeness (QED) is 0.894. The highest BCUT2D eigenvalue weighted by molar-refractivity contribution is 7.10. The maximum atomic E-state index is 9.62. The number of hydrogen-bond acceptors (Lipinski definition) is 3. The number of hydrogen-bond donors (Lipinski definition) is 1. The van der Waals surface area contributed by atoms with Gasteiger partial charge in [-0.2, -0.15) is 0 Å². The van der Waals surface area contributed by atoms with E-state index < -0.39 is 0 Å². The lowest BCUT2D eigenvalue weighted by Crippen LogP contribution is -2.31. The van der Waals surface area contributed by atoms with Crippen LogP contribution in [0.1, 0.15) is 42.2 Å². The standard InChI is InChI=1S/C14H23NOS/c1-10-8-9-17-14(10)13(15(2)3)11-4-6-12(16)7-5-11/h8-9,11-13,16H,4-7H2,1-3H3. The maximum Gasteiger partial charge on any atom is 0.0540 e. The molecule has 1 aliphatic carbocycles. The third kappa shape index (κ3) is 2.90. The molecule has 2 nitrogen and oxygen atoms in total. The molecule has 0 amide bonds. The number of thiophene rings is 1. The van der Waals surface area contributed by atoms with E-state index in [1.807, 2.05) is 11.3 Å². The molecular weight excluding hydrogens is 230 g/mol. The Bertz CT molecular complexity index is 353. The molecule has 1 unspecified atom stereocenters. The van der Waals surface area contributed by atoms with Crippen LogP contribution in [-0.2, 0) is 0 Å². The molecule has 2 rings (SSSR count). The Labute approximate surface area is 108 Å². The van der Waals surface area contributed by atoms with Gasteiger partial charge in [0.2, 0.25) is 0 Å². The Kier molecular flexibility index (Phi) is 4.23. The van der Waals surface area contributed by atoms with Crippen molar-refractivity contribution in [2.45, 2.75) is 44.8 Å². The molecule has 1 N–H and O–H groups in total. The third-order valence-electron chi connectivity index (χ3n) is 3.91. The van der Waals surface area contributed by atoms with Gasteiger partial charge in [0.1, 0.15) is 0 Å². The van der Waals surface area contributed by atoms with E-state index in [0.717, 1.165) is 25.7 Å². The summed E-state index contributed by atoms with van der Waals surface area (Å²) in [7, 11) is 4.35. The van der Waals surface area contributed by atoms with Gasteiger partial charge in [-0.1, -0.05) is 0 Å². The zero-order valence-corrected chi connectivity index (χ0v) is 11.8. The Morgan fingerprint density at radius 2 is 1.94 bits per heavy atom. The van der Waals surface area contributed by atoms with Crippen LogP contribution in [0.3, 0.4) is 0 Å². The molecular formula is C14H23NOS. The highest BCUT2D eigenvalue weighted by atomic mass is 32.1. The molecule has 96 valence electrons. The van der Waals surface area contributed by atoms with Crippen molar-refractivity contribution in [2.75, 3.05) is 14.1 Å². The lowest BCUT2D eigenvalue weighted by molar-refractivity contribution is 0.0787. The Morgan fingerprint density at radius 3 is 2.41 bits per heavy atom. The summed E-state index contributed by atoms with van der Waals surface area (Å²) in [6.07, 6.45) is 4.19. The monoisotopic (exact) mass is 253 g/mol. The first-order valence-corrected chi connectivity index (χ1v) is 7.36. The zero-order valence-electron chi connectivity index (χ0n) is 11.0. The zero-order chi connectivity index (χ0) is 12.4. The van der Waals surface area contributed by atoms with Crippen molar-refractivity contribution in [3.8, 4) is 0 Å². The molecule has 1 atom stereocenters. The Hall–Kier alpha value is -0.380. The van der Waals surface area contributed by atoms with Gasteiger partial charge in [0.25, 0.3) is 0 Å². The molecule has 1 heterocycles. The van der Waals surface area contributed by atoms with Crippen molar-refractivity contribution >= 4 is 11.3 Å². The van der Waals surface area contributed by atoms with Gasteiger partial charge in [-0.3, -0.25) is 0 Å². The molecule has 1 aromatic heterocycles. The van der Waals surface area contributed by atoms with Crippen LogP contribution in [0.4, 0.5) is 0 Å². The number of rotatable bonds is 3. The van der Waals surface area contributed by atoms with E-state index in [0.29, 0.717) is 12.0 Å². The number of aliphatic hydroxyl groups excluding tert-OH is 1. The molecule has 1 fully saturated rings. The van der Waals surface area contributed by atoms with Crippen LogP contribution in [0.5, 0.6) is 0 Å². The van der Waals surface area contributed by atoms with Crippen LogP contribution < -0.4 is 0 Å². The summed E-state index contributed by atoms with van der Waals surface area (Å²) in [5.41, 5.74) is 1.42. The average Bonchev–Trinajstić information content (AvgIpc) is 2.68. The van der Waals surface area contributed by atoms with Crippen LogP contribution in [0.25, 0.3) is 0 Å². The highest BCUT2D eigenvalue weighted by Gasteiger charge is 2.30. The van der Waals surface area contributed by atoms with Crippen LogP contribution >= 0.6 is 11.3 Å². The molecule has 0 radical (unpaired) electrons. The molecule has 1 aliphatic rings. The van der Waals surface area contributed by atoms with E-state index in [4.69, 9.17) is 0 Å². The first kappa shape index (κ1) is 13.1. The molecule has 3 heteroatoms. The Morgan fingerprint density at radius 1 is 1.29 bits per heavy atom. The summed E-state index contributed by atoms with van der Waals surface area (Å²) < 4.78 is 0. The summed E-state index contributed by atoms with van der Waals surface area (Å²) in [6.45, 7) is 2.21. The predicted molar refractivity (Wildman–Crippen MR) is 73.4 cm³/mol. The van der Waals surface area contributed by atoms with Gasteiger partial charge < -0.3 is 10.0 Å². The van der Waals surface area contributed by atoms with E-state index in [1.165, 1.54) is 10.4 Å². The van der Waals surface area contributed by atoms with Gasteiger partial charge in [0.05, 0.1) is 6.10 Å². The van der Waals surface area contributed by atoms with E-state index in [1.54, 1.807) is 0 Å². The summed E-state index contributed by atoms with van der Waals surface area (Å²) in [5.74, 6) is 0.700. The van der Waals surface area contributed by atoms with E-state index in [-0.39, 0.29) is 6.10 Å². The third-order valence-corrected chi connectivity index (χ3v) is 5.00. The van der Waals surface area contributed by atoms with Gasteiger partial charge in [0, 0.05) is 10.9 Å². The highest BCUT2D eigenvalue weighted by Crippen LogP contribution is 2.40. The molecule has 1 aromatic rings. The average molecular weight is 253 g/mol. The van der Waals surface area contributed by atoms with E-state index >= 15 is 0 Å². The summed E-state index contributed by atoms with van der Waals surface area (Å²) >= 11 is 1.88. The largest absolute Gasteiger partial charge is 0.393 e. The minimum Gasteiger partial charge on any atom is -0.393 e. The van der Waals surface area contributed by atoms with Crippen LogP contribution in [0.15, 0.2) is 11.4 Å². The minimum atomic E-state index is -0.0569. The summed E-state index contributed by atoms with van der Waals surface area (Å²) in [4.78, 5) is 3.86. The maximum absolute atomic E-state index is 9.62. The fourth-order valence-electron chi connectivity index (χ4n) is 2.98. The van der Waals surface area contributed by atoms with Gasteiger partial charge in [-0.25, -0.2) is 0 Å². The van der Waals surface area contributed by atoms with Crippen molar-refractivity contribution in [1.29, 1.82) is 0 Å². The second kappa shape index (κ2) is 5.51. The topological polar surface area (TPSA) is 23.5 Å². The number of aliphatic hydroxyl groups is 1. The summed E-state index contributed by atoms with van der Waals surface area (Å²) in [5, 5.41) is 11.8. The molecule has 0 saturated heterocycles. The van der Waals surface area contributed by atoms with Gasteiger partial charge >= 0.3 is 0 Å². The Balaban J connectivity index is 2.16. The second-order valence-electron chi connectivity index (χ2n) is 5.44. The van der Waals surface area contributed by atoms with Crippen LogP contribution in [0.2, 0.25) is 0 Å². The van der Waals surface area contributed by atoms with Crippen LogP contribution in [0, 0.1) is 12.8 Å². The fourth-order valence-corrected chi connectivity index (χ4v) is 4.19. The van der Waals surface area contributed by atoms with Gasteiger partial charge in [-0.05, 0) is 69.6 Å². The van der Waals surface area contributed by atoms with Gasteiger partial charge in [0.15, 0.2) is 0 Å². The van der Waals surface area contributed by atoms with Crippen molar-refractivity contribution in [2.24, 2.45) is 5.92 Å². The van der Waals surface area contributed by atoms with E-state index in [9.17, 15) is 5.11 Å². The molecule has 0 bridgehead atoms. The number of aryl methyl sites for hydroxylation is 1. The summed E-state index contributed by atoms with van der Waals surface area (Å²) in [6, 6.07) is 2.75. The number of nitrogens with zero attached hydrogens (tertiary/aromatic N) is 1. The predicted octanol–water partition coefficient (Wildman–Crippen LogP) is 3.21. The molecule has 0 aliphatic heterocycles. The first-order chi connectivity index (χ1) is 8.09. The molecule has 1 saturated carbocycles. The normalized spacial score (nSPS) is 27.4. The van der Waals surface area contributed by atoms with Crippen molar-refractivity contribution in [1.82, 2.24) is 4.90 Å². The molecule has 0 aromatic carbocycles. The van der Waals surface area contributed by atoms with Crippen molar-refractivity contribution in [3.05, 3.63) is 21.9 Å². The fraction of sp³-hybridized carbons (Fsp3) is 0.714. The SMILES string of the molecule is Cc1ccsc1C(C1CCC(O)CC1)N(C)C. The minimum absolute atomic E-state index is 0.0569. The molecule has 17 heavy (non-hydrogen) atoms. The second-order valence-corrected chi connectivity index (χ2v) is 6.39. The van der Waals surface area contributed by atoms with E-state index in [2.05, 4.69) is 37.4 Å². The first-order valence-electron chi connectivity index (χ1n) is 6.48. The lowest BCUT2D eigenvalue weighted by atomic mass is 9.81. The lowest BCUT2D eigenvalue weighted by Gasteiger charge is -2.36. The molecule has 0 spiro atoms. The van der Waals surface area contributed by atoms with Crippen molar-refractivity contribution in [3.63, 3.8) is 0 Å². The van der Waals surface area contributed by atoms with Crippen molar-refractivity contribution < 1.29 is 5.11 Å². The van der Waals surface area contributed by atoms with Gasteiger partial charge in [-0.15, -0.1) is 11.3 Å². The van der Waals surface area contributed by atoms with Crippen LogP contribution in [-0.4, -0.2) is 30.2 Å².